The molecule has 154 valence electrons. The first-order valence-corrected chi connectivity index (χ1v) is 10.1. The maximum absolute atomic E-state index is 12.9. The van der Waals surface area contributed by atoms with E-state index >= 15 is 0 Å². The summed E-state index contributed by atoms with van der Waals surface area (Å²) in [6, 6.07) is 10.1. The Balaban J connectivity index is 1.66. The van der Waals surface area contributed by atoms with Gasteiger partial charge in [-0.25, -0.2) is 4.79 Å². The lowest BCUT2D eigenvalue weighted by atomic mass is 9.92. The van der Waals surface area contributed by atoms with Crippen LogP contribution in [0.15, 0.2) is 41.8 Å². The minimum absolute atomic E-state index is 0.0741. The fourth-order valence-electron chi connectivity index (χ4n) is 3.13. The summed E-state index contributed by atoms with van der Waals surface area (Å²) in [5.41, 5.74) is 1.77. The number of thiophene rings is 1. The Kier molecular flexibility index (Phi) is 6.19. The SMILES string of the molecule is CCN(CC(=O)NN1C(=O)N[C@@](C)(c2ccc(OC)cc2)C1=O)Cc1cccs1. The molecule has 2 heterocycles. The predicted octanol–water partition coefficient (Wildman–Crippen LogP) is 2.08. The third-order valence-electron chi connectivity index (χ3n) is 4.87. The summed E-state index contributed by atoms with van der Waals surface area (Å²) in [5, 5.41) is 5.40. The van der Waals surface area contributed by atoms with Crippen LogP contribution in [0.5, 0.6) is 5.75 Å². The molecule has 0 bridgehead atoms. The highest BCUT2D eigenvalue weighted by Crippen LogP contribution is 2.29. The van der Waals surface area contributed by atoms with E-state index in [0.717, 1.165) is 9.89 Å². The van der Waals surface area contributed by atoms with Gasteiger partial charge in [-0.1, -0.05) is 25.1 Å². The van der Waals surface area contributed by atoms with Gasteiger partial charge in [-0.15, -0.1) is 11.3 Å². The monoisotopic (exact) mass is 416 g/mol. The highest BCUT2D eigenvalue weighted by molar-refractivity contribution is 7.09. The predicted molar refractivity (Wildman–Crippen MR) is 109 cm³/mol. The van der Waals surface area contributed by atoms with Crippen LogP contribution in [0.3, 0.4) is 0 Å². The Morgan fingerprint density at radius 3 is 2.59 bits per heavy atom. The lowest BCUT2D eigenvalue weighted by Crippen LogP contribution is -2.50. The van der Waals surface area contributed by atoms with Crippen molar-refractivity contribution in [2.24, 2.45) is 0 Å². The van der Waals surface area contributed by atoms with E-state index in [1.807, 2.05) is 29.3 Å². The fraction of sp³-hybridized carbons (Fsp3) is 0.350. The third kappa shape index (κ3) is 4.41. The number of amides is 4. The summed E-state index contributed by atoms with van der Waals surface area (Å²) in [4.78, 5) is 40.9. The van der Waals surface area contributed by atoms with Gasteiger partial charge in [0.1, 0.15) is 11.3 Å². The molecular formula is C20H24N4O4S. The van der Waals surface area contributed by atoms with Gasteiger partial charge in [-0.3, -0.25) is 19.9 Å². The van der Waals surface area contributed by atoms with E-state index in [0.29, 0.717) is 24.4 Å². The minimum Gasteiger partial charge on any atom is -0.497 e. The summed E-state index contributed by atoms with van der Waals surface area (Å²) >= 11 is 1.62. The zero-order valence-electron chi connectivity index (χ0n) is 16.6. The van der Waals surface area contributed by atoms with Gasteiger partial charge in [-0.05, 0) is 42.6 Å². The van der Waals surface area contributed by atoms with E-state index in [1.165, 1.54) is 0 Å². The largest absolute Gasteiger partial charge is 0.497 e. The topological polar surface area (TPSA) is 91.0 Å². The van der Waals surface area contributed by atoms with Crippen molar-refractivity contribution < 1.29 is 19.1 Å². The number of benzene rings is 1. The molecule has 3 rings (SSSR count). The summed E-state index contributed by atoms with van der Waals surface area (Å²) in [6.07, 6.45) is 0. The first-order chi connectivity index (χ1) is 13.9. The van der Waals surface area contributed by atoms with Crippen molar-refractivity contribution in [3.05, 3.63) is 52.2 Å². The van der Waals surface area contributed by atoms with Gasteiger partial charge in [0.05, 0.1) is 13.7 Å². The van der Waals surface area contributed by atoms with Gasteiger partial charge in [0.2, 0.25) is 0 Å². The van der Waals surface area contributed by atoms with Crippen LogP contribution in [-0.4, -0.2) is 48.0 Å². The van der Waals surface area contributed by atoms with Gasteiger partial charge in [0.15, 0.2) is 0 Å². The van der Waals surface area contributed by atoms with Crippen LogP contribution in [0, 0.1) is 0 Å². The Morgan fingerprint density at radius 1 is 1.28 bits per heavy atom. The standard InChI is InChI=1S/C20H24N4O4S/c1-4-23(12-16-6-5-11-29-16)13-17(25)22-24-18(26)20(2,21-19(24)27)14-7-9-15(28-3)10-8-14/h5-11H,4,12-13H2,1-3H3,(H,21,27)(H,22,25)/t20-/m0/s1. The molecule has 1 fully saturated rings. The Morgan fingerprint density at radius 2 is 2.00 bits per heavy atom. The number of urea groups is 1. The molecule has 0 saturated carbocycles. The van der Waals surface area contributed by atoms with E-state index in [9.17, 15) is 14.4 Å². The minimum atomic E-state index is -1.27. The van der Waals surface area contributed by atoms with E-state index < -0.39 is 23.4 Å². The van der Waals surface area contributed by atoms with Crippen LogP contribution in [0.1, 0.15) is 24.3 Å². The number of nitrogens with one attached hydrogen (secondary N) is 2. The zero-order chi connectivity index (χ0) is 21.0. The average Bonchev–Trinajstić information content (AvgIpc) is 3.30. The molecule has 1 aliphatic rings. The van der Waals surface area contributed by atoms with Crippen molar-refractivity contribution in [3.8, 4) is 5.75 Å². The van der Waals surface area contributed by atoms with Crippen molar-refractivity contribution in [2.75, 3.05) is 20.2 Å². The van der Waals surface area contributed by atoms with Crippen LogP contribution < -0.4 is 15.5 Å². The van der Waals surface area contributed by atoms with Crippen LogP contribution in [0.4, 0.5) is 4.79 Å². The molecule has 0 aliphatic carbocycles. The van der Waals surface area contributed by atoms with Gasteiger partial charge >= 0.3 is 6.03 Å². The molecule has 4 amide bonds. The number of nitrogens with zero attached hydrogens (tertiary/aromatic N) is 2. The van der Waals surface area contributed by atoms with E-state index in [-0.39, 0.29) is 6.54 Å². The first-order valence-electron chi connectivity index (χ1n) is 9.22. The summed E-state index contributed by atoms with van der Waals surface area (Å²) in [7, 11) is 1.55. The molecule has 8 nitrogen and oxygen atoms in total. The molecule has 0 unspecified atom stereocenters. The Bertz CT molecular complexity index is 884. The number of hydrogen-bond donors (Lipinski definition) is 2. The number of hydrogen-bond acceptors (Lipinski definition) is 6. The van der Waals surface area contributed by atoms with Gasteiger partial charge in [0, 0.05) is 11.4 Å². The van der Waals surface area contributed by atoms with Crippen LogP contribution in [0.2, 0.25) is 0 Å². The second-order valence-corrected chi connectivity index (χ2v) is 7.87. The number of carbonyl (C=O) groups is 3. The number of imide groups is 1. The number of ether oxygens (including phenoxy) is 1. The molecule has 29 heavy (non-hydrogen) atoms. The maximum Gasteiger partial charge on any atom is 0.344 e. The van der Waals surface area contributed by atoms with Crippen molar-refractivity contribution in [2.45, 2.75) is 25.9 Å². The lowest BCUT2D eigenvalue weighted by molar-refractivity contribution is -0.139. The molecule has 1 aromatic carbocycles. The van der Waals surface area contributed by atoms with E-state index in [2.05, 4.69) is 10.7 Å². The second-order valence-electron chi connectivity index (χ2n) is 6.84. The average molecular weight is 417 g/mol. The molecule has 2 aromatic rings. The van der Waals surface area contributed by atoms with E-state index in [4.69, 9.17) is 4.74 Å². The van der Waals surface area contributed by atoms with E-state index in [1.54, 1.807) is 49.6 Å². The lowest BCUT2D eigenvalue weighted by Gasteiger charge is -2.23. The number of methoxy groups -OCH3 is 1. The smallest absolute Gasteiger partial charge is 0.344 e. The molecule has 1 aliphatic heterocycles. The summed E-state index contributed by atoms with van der Waals surface area (Å²) in [5.74, 6) is -0.321. The molecule has 1 saturated heterocycles. The molecule has 0 radical (unpaired) electrons. The molecule has 9 heteroatoms. The van der Waals surface area contributed by atoms with Crippen molar-refractivity contribution in [1.29, 1.82) is 0 Å². The molecule has 2 N–H and O–H groups in total. The maximum atomic E-state index is 12.9. The molecule has 0 spiro atoms. The molecule has 1 atom stereocenters. The Hall–Kier alpha value is -2.91. The van der Waals surface area contributed by atoms with Crippen molar-refractivity contribution in [1.82, 2.24) is 20.7 Å². The van der Waals surface area contributed by atoms with Crippen LogP contribution >= 0.6 is 11.3 Å². The fourth-order valence-corrected chi connectivity index (χ4v) is 3.87. The van der Waals surface area contributed by atoms with Gasteiger partial charge in [-0.2, -0.15) is 5.01 Å². The van der Waals surface area contributed by atoms with Crippen LogP contribution in [-0.2, 0) is 21.7 Å². The number of carbonyl (C=O) groups excluding carboxylic acids is 3. The quantitative estimate of drug-likeness (QED) is 0.643. The normalized spacial score (nSPS) is 18.8. The summed E-state index contributed by atoms with van der Waals surface area (Å²) < 4.78 is 5.13. The number of rotatable bonds is 8. The highest BCUT2D eigenvalue weighted by Gasteiger charge is 2.50. The van der Waals surface area contributed by atoms with Crippen molar-refractivity contribution in [3.63, 3.8) is 0 Å². The van der Waals surface area contributed by atoms with Crippen molar-refractivity contribution >= 4 is 29.2 Å². The van der Waals surface area contributed by atoms with Gasteiger partial charge in [0.25, 0.3) is 11.8 Å². The Labute approximate surface area is 173 Å². The second kappa shape index (κ2) is 8.62. The number of hydrazine groups is 1. The molecule has 1 aromatic heterocycles. The van der Waals surface area contributed by atoms with Crippen LogP contribution in [0.25, 0.3) is 0 Å². The first kappa shape index (κ1) is 20.8. The molecular weight excluding hydrogens is 392 g/mol. The summed E-state index contributed by atoms with van der Waals surface area (Å²) in [6.45, 7) is 4.93. The van der Waals surface area contributed by atoms with Gasteiger partial charge < -0.3 is 10.1 Å². The highest BCUT2D eigenvalue weighted by atomic mass is 32.1. The third-order valence-corrected chi connectivity index (χ3v) is 5.73. The zero-order valence-corrected chi connectivity index (χ0v) is 17.4. The number of likely N-dealkylation sites (N-methyl/N-ethyl adjacent to an activating group) is 1.